The van der Waals surface area contributed by atoms with Crippen molar-refractivity contribution < 1.29 is 9.26 Å². The number of rotatable bonds is 6. The van der Waals surface area contributed by atoms with Crippen molar-refractivity contribution in [3.8, 4) is 5.75 Å². The van der Waals surface area contributed by atoms with Gasteiger partial charge >= 0.3 is 0 Å². The Kier molecular flexibility index (Phi) is 4.35. The number of aromatic nitrogens is 2. The quantitative estimate of drug-likeness (QED) is 0.791. The molecule has 19 heavy (non-hydrogen) atoms. The molecule has 1 aromatic heterocycles. The lowest BCUT2D eigenvalue weighted by Gasteiger charge is -2.05. The molecule has 0 bridgehead atoms. The van der Waals surface area contributed by atoms with Crippen LogP contribution >= 0.6 is 0 Å². The van der Waals surface area contributed by atoms with Crippen LogP contribution in [0.1, 0.15) is 11.7 Å². The second-order valence-electron chi connectivity index (χ2n) is 4.52. The SMILES string of the molecule is CN(C)CCc1noc(COc2cccc(N)c2)n1. The largest absolute Gasteiger partial charge is 0.484 e. The van der Waals surface area contributed by atoms with Gasteiger partial charge in [-0.1, -0.05) is 11.2 Å². The molecule has 0 amide bonds. The summed E-state index contributed by atoms with van der Waals surface area (Å²) in [5.74, 6) is 1.85. The number of benzene rings is 1. The number of nitrogens with zero attached hydrogens (tertiary/aromatic N) is 3. The lowest BCUT2D eigenvalue weighted by atomic mass is 10.3. The van der Waals surface area contributed by atoms with Crippen LogP contribution in [-0.2, 0) is 13.0 Å². The third kappa shape index (κ3) is 4.26. The number of hydrogen-bond donors (Lipinski definition) is 1. The molecule has 1 aromatic carbocycles. The zero-order valence-corrected chi connectivity index (χ0v) is 11.2. The van der Waals surface area contributed by atoms with Crippen LogP contribution in [0, 0.1) is 0 Å². The summed E-state index contributed by atoms with van der Waals surface area (Å²) in [6.07, 6.45) is 0.759. The molecule has 6 nitrogen and oxygen atoms in total. The first-order valence-corrected chi connectivity index (χ1v) is 6.08. The van der Waals surface area contributed by atoms with Gasteiger partial charge in [0.15, 0.2) is 12.4 Å². The van der Waals surface area contributed by atoms with Crippen molar-refractivity contribution in [1.82, 2.24) is 15.0 Å². The van der Waals surface area contributed by atoms with Gasteiger partial charge in [-0.05, 0) is 26.2 Å². The Morgan fingerprint density at radius 2 is 2.21 bits per heavy atom. The first-order valence-electron chi connectivity index (χ1n) is 6.08. The molecule has 2 rings (SSSR count). The summed E-state index contributed by atoms with van der Waals surface area (Å²) < 4.78 is 10.6. The van der Waals surface area contributed by atoms with Crippen molar-refractivity contribution >= 4 is 5.69 Å². The molecule has 0 aliphatic carbocycles. The average molecular weight is 262 g/mol. The Hall–Kier alpha value is -2.08. The summed E-state index contributed by atoms with van der Waals surface area (Å²) in [5.41, 5.74) is 6.33. The molecule has 0 aliphatic rings. The van der Waals surface area contributed by atoms with Crippen molar-refractivity contribution in [3.63, 3.8) is 0 Å². The minimum Gasteiger partial charge on any atom is -0.484 e. The van der Waals surface area contributed by atoms with Crippen LogP contribution < -0.4 is 10.5 Å². The minimum atomic E-state index is 0.248. The summed E-state index contributed by atoms with van der Waals surface area (Å²) in [4.78, 5) is 6.33. The summed E-state index contributed by atoms with van der Waals surface area (Å²) in [6.45, 7) is 1.13. The summed E-state index contributed by atoms with van der Waals surface area (Å²) in [6, 6.07) is 7.23. The lowest BCUT2D eigenvalue weighted by molar-refractivity contribution is 0.242. The normalized spacial score (nSPS) is 10.9. The first-order chi connectivity index (χ1) is 9.13. The molecule has 0 atom stereocenters. The van der Waals surface area contributed by atoms with Gasteiger partial charge < -0.3 is 19.9 Å². The standard InChI is InChI=1S/C13H18N4O2/c1-17(2)7-6-12-15-13(19-16-12)9-18-11-5-3-4-10(14)8-11/h3-5,8H,6-7,9,14H2,1-2H3. The molecule has 0 fully saturated rings. The van der Waals surface area contributed by atoms with Crippen LogP contribution in [0.4, 0.5) is 5.69 Å². The molecule has 1 heterocycles. The predicted molar refractivity (Wildman–Crippen MR) is 71.7 cm³/mol. The van der Waals surface area contributed by atoms with Crippen LogP contribution in [0.5, 0.6) is 5.75 Å². The van der Waals surface area contributed by atoms with Gasteiger partial charge in [0.25, 0.3) is 5.89 Å². The maximum absolute atomic E-state index is 5.66. The number of ether oxygens (including phenoxy) is 1. The van der Waals surface area contributed by atoms with E-state index in [-0.39, 0.29) is 6.61 Å². The van der Waals surface area contributed by atoms with E-state index in [1.54, 1.807) is 12.1 Å². The summed E-state index contributed by atoms with van der Waals surface area (Å²) in [7, 11) is 4.01. The molecule has 2 aromatic rings. The van der Waals surface area contributed by atoms with Crippen LogP contribution in [0.2, 0.25) is 0 Å². The molecule has 0 unspecified atom stereocenters. The highest BCUT2D eigenvalue weighted by atomic mass is 16.5. The molecule has 0 saturated carbocycles. The van der Waals surface area contributed by atoms with Crippen LogP contribution in [-0.4, -0.2) is 35.7 Å². The Morgan fingerprint density at radius 3 is 2.95 bits per heavy atom. The molecule has 0 radical (unpaired) electrons. The summed E-state index contributed by atoms with van der Waals surface area (Å²) >= 11 is 0. The topological polar surface area (TPSA) is 77.4 Å². The maximum Gasteiger partial charge on any atom is 0.264 e. The number of nitrogens with two attached hydrogens (primary N) is 1. The zero-order chi connectivity index (χ0) is 13.7. The number of likely N-dealkylation sites (N-methyl/N-ethyl adjacent to an activating group) is 1. The van der Waals surface area contributed by atoms with Gasteiger partial charge in [-0.25, -0.2) is 0 Å². The van der Waals surface area contributed by atoms with Crippen molar-refractivity contribution in [2.75, 3.05) is 26.4 Å². The van der Waals surface area contributed by atoms with Crippen LogP contribution in [0.15, 0.2) is 28.8 Å². The van der Waals surface area contributed by atoms with E-state index in [9.17, 15) is 0 Å². The van der Waals surface area contributed by atoms with Gasteiger partial charge in [-0.3, -0.25) is 0 Å². The van der Waals surface area contributed by atoms with E-state index < -0.39 is 0 Å². The van der Waals surface area contributed by atoms with E-state index in [0.29, 0.717) is 23.2 Å². The summed E-state index contributed by atoms with van der Waals surface area (Å²) in [5, 5.41) is 3.90. The molecular weight excluding hydrogens is 244 g/mol. The molecular formula is C13H18N4O2. The van der Waals surface area contributed by atoms with E-state index in [1.165, 1.54) is 0 Å². The first kappa shape index (κ1) is 13.4. The van der Waals surface area contributed by atoms with E-state index in [0.717, 1.165) is 13.0 Å². The fourth-order valence-electron chi connectivity index (χ4n) is 1.52. The Labute approximate surface area is 112 Å². The van der Waals surface area contributed by atoms with Gasteiger partial charge in [-0.2, -0.15) is 4.98 Å². The Balaban J connectivity index is 1.86. The average Bonchev–Trinajstić information content (AvgIpc) is 2.82. The second-order valence-corrected chi connectivity index (χ2v) is 4.52. The van der Waals surface area contributed by atoms with Gasteiger partial charge in [-0.15, -0.1) is 0 Å². The van der Waals surface area contributed by atoms with Gasteiger partial charge in [0, 0.05) is 24.7 Å². The molecule has 0 spiro atoms. The van der Waals surface area contributed by atoms with Crippen molar-refractivity contribution in [2.24, 2.45) is 0 Å². The molecule has 102 valence electrons. The highest BCUT2D eigenvalue weighted by Gasteiger charge is 2.07. The minimum absolute atomic E-state index is 0.248. The third-order valence-corrected chi connectivity index (χ3v) is 2.51. The van der Waals surface area contributed by atoms with Crippen LogP contribution in [0.25, 0.3) is 0 Å². The number of hydrogen-bond acceptors (Lipinski definition) is 6. The molecule has 0 aliphatic heterocycles. The predicted octanol–water partition coefficient (Wildman–Crippen LogP) is 1.33. The van der Waals surface area contributed by atoms with Crippen LogP contribution in [0.3, 0.4) is 0 Å². The third-order valence-electron chi connectivity index (χ3n) is 2.51. The van der Waals surface area contributed by atoms with E-state index in [2.05, 4.69) is 15.0 Å². The molecule has 6 heteroatoms. The van der Waals surface area contributed by atoms with Gasteiger partial charge in [0.05, 0.1) is 0 Å². The highest BCUT2D eigenvalue weighted by molar-refractivity contribution is 5.43. The number of nitrogen functional groups attached to an aromatic ring is 1. The molecule has 2 N–H and O–H groups in total. The molecule has 0 saturated heterocycles. The highest BCUT2D eigenvalue weighted by Crippen LogP contribution is 2.15. The van der Waals surface area contributed by atoms with Crippen molar-refractivity contribution in [3.05, 3.63) is 36.0 Å². The Morgan fingerprint density at radius 1 is 1.37 bits per heavy atom. The van der Waals surface area contributed by atoms with Gasteiger partial charge in [0.2, 0.25) is 0 Å². The fourth-order valence-corrected chi connectivity index (χ4v) is 1.52. The van der Waals surface area contributed by atoms with E-state index in [4.69, 9.17) is 15.0 Å². The van der Waals surface area contributed by atoms with E-state index in [1.807, 2.05) is 26.2 Å². The van der Waals surface area contributed by atoms with E-state index >= 15 is 0 Å². The fraction of sp³-hybridized carbons (Fsp3) is 0.385. The Bertz CT molecular complexity index is 525. The number of anilines is 1. The van der Waals surface area contributed by atoms with Gasteiger partial charge in [0.1, 0.15) is 5.75 Å². The monoisotopic (exact) mass is 262 g/mol. The lowest BCUT2D eigenvalue weighted by Crippen LogP contribution is -2.15. The van der Waals surface area contributed by atoms with Crippen molar-refractivity contribution in [2.45, 2.75) is 13.0 Å². The zero-order valence-electron chi connectivity index (χ0n) is 11.2. The smallest absolute Gasteiger partial charge is 0.264 e. The second kappa shape index (κ2) is 6.19. The maximum atomic E-state index is 5.66. The van der Waals surface area contributed by atoms with Crippen molar-refractivity contribution in [1.29, 1.82) is 0 Å².